The highest BCUT2D eigenvalue weighted by atomic mass is 35.5. The van der Waals surface area contributed by atoms with E-state index < -0.39 is 5.60 Å². The Kier molecular flexibility index (Phi) is 3.69. The molecule has 0 aliphatic heterocycles. The zero-order valence-corrected chi connectivity index (χ0v) is 10.3. The molecule has 1 aliphatic rings. The van der Waals surface area contributed by atoms with Crippen molar-refractivity contribution in [2.24, 2.45) is 0 Å². The van der Waals surface area contributed by atoms with Crippen molar-refractivity contribution >= 4 is 17.5 Å². The predicted octanol–water partition coefficient (Wildman–Crippen LogP) is 1.91. The molecular weight excluding hydrogens is 238 g/mol. The van der Waals surface area contributed by atoms with Gasteiger partial charge in [-0.05, 0) is 37.0 Å². The normalized spacial score (nSPS) is 17.3. The number of halogens is 1. The molecule has 17 heavy (non-hydrogen) atoms. The van der Waals surface area contributed by atoms with E-state index in [0.717, 1.165) is 24.8 Å². The van der Waals surface area contributed by atoms with Gasteiger partial charge in [0.2, 0.25) is 5.91 Å². The Bertz CT molecular complexity index is 416. The van der Waals surface area contributed by atoms with Gasteiger partial charge in [0.1, 0.15) is 0 Å². The average Bonchev–Trinajstić information content (AvgIpc) is 2.24. The van der Waals surface area contributed by atoms with Crippen molar-refractivity contribution in [1.82, 2.24) is 5.32 Å². The van der Waals surface area contributed by atoms with E-state index in [1.807, 2.05) is 12.1 Å². The van der Waals surface area contributed by atoms with Gasteiger partial charge in [0.05, 0.1) is 12.0 Å². The number of carbonyl (C=O) groups is 1. The Hall–Kier alpha value is -1.06. The zero-order valence-electron chi connectivity index (χ0n) is 9.58. The van der Waals surface area contributed by atoms with Crippen molar-refractivity contribution in [1.29, 1.82) is 0 Å². The highest BCUT2D eigenvalue weighted by Crippen LogP contribution is 2.30. The first-order valence-corrected chi connectivity index (χ1v) is 6.19. The summed E-state index contributed by atoms with van der Waals surface area (Å²) in [6.45, 7) is 0.354. The molecule has 1 aromatic rings. The molecule has 92 valence electrons. The number of rotatable bonds is 4. The number of hydrogen-bond donors (Lipinski definition) is 2. The van der Waals surface area contributed by atoms with E-state index in [9.17, 15) is 9.90 Å². The number of amides is 1. The number of carbonyl (C=O) groups excluding carboxylic acids is 1. The number of hydrogen-bond acceptors (Lipinski definition) is 2. The third-order valence-corrected chi connectivity index (χ3v) is 3.39. The lowest BCUT2D eigenvalue weighted by atomic mass is 9.80. The van der Waals surface area contributed by atoms with Crippen LogP contribution >= 0.6 is 11.6 Å². The topological polar surface area (TPSA) is 49.3 Å². The summed E-state index contributed by atoms with van der Waals surface area (Å²) in [4.78, 5) is 11.6. The average molecular weight is 254 g/mol. The van der Waals surface area contributed by atoms with Gasteiger partial charge in [-0.25, -0.2) is 0 Å². The lowest BCUT2D eigenvalue weighted by Gasteiger charge is -2.36. The fourth-order valence-corrected chi connectivity index (χ4v) is 2.13. The Morgan fingerprint density at radius 2 is 2.24 bits per heavy atom. The molecule has 0 radical (unpaired) electrons. The van der Waals surface area contributed by atoms with Gasteiger partial charge in [-0.1, -0.05) is 23.7 Å². The molecule has 0 unspecified atom stereocenters. The van der Waals surface area contributed by atoms with Crippen molar-refractivity contribution in [3.05, 3.63) is 34.9 Å². The second-order valence-electron chi connectivity index (χ2n) is 4.66. The van der Waals surface area contributed by atoms with Gasteiger partial charge in [-0.3, -0.25) is 4.79 Å². The van der Waals surface area contributed by atoms with E-state index in [-0.39, 0.29) is 5.91 Å². The fourth-order valence-electron chi connectivity index (χ4n) is 1.92. The van der Waals surface area contributed by atoms with Crippen molar-refractivity contribution < 1.29 is 9.90 Å². The molecule has 1 saturated carbocycles. The standard InChI is InChI=1S/C13H16ClNO2/c14-11-4-1-3-10(7-11)8-12(16)15-9-13(17)5-2-6-13/h1,3-4,7,17H,2,5-6,8-9H2,(H,15,16). The molecule has 0 atom stereocenters. The predicted molar refractivity (Wildman–Crippen MR) is 67.0 cm³/mol. The molecule has 1 aromatic carbocycles. The van der Waals surface area contributed by atoms with E-state index in [4.69, 9.17) is 11.6 Å². The number of nitrogens with one attached hydrogen (secondary N) is 1. The zero-order chi connectivity index (χ0) is 12.3. The summed E-state index contributed by atoms with van der Waals surface area (Å²) in [7, 11) is 0. The molecule has 1 aliphatic carbocycles. The highest BCUT2D eigenvalue weighted by molar-refractivity contribution is 6.30. The molecule has 1 amide bonds. The number of benzene rings is 1. The van der Waals surface area contributed by atoms with Crippen LogP contribution in [0.25, 0.3) is 0 Å². The first-order valence-electron chi connectivity index (χ1n) is 5.81. The van der Waals surface area contributed by atoms with E-state index in [1.54, 1.807) is 12.1 Å². The summed E-state index contributed by atoms with van der Waals surface area (Å²) in [6, 6.07) is 7.24. The third-order valence-electron chi connectivity index (χ3n) is 3.15. The van der Waals surface area contributed by atoms with Crippen molar-refractivity contribution in [3.8, 4) is 0 Å². The van der Waals surface area contributed by atoms with Crippen molar-refractivity contribution in [2.75, 3.05) is 6.54 Å². The van der Waals surface area contributed by atoms with Gasteiger partial charge in [0, 0.05) is 11.6 Å². The van der Waals surface area contributed by atoms with Gasteiger partial charge >= 0.3 is 0 Å². The minimum Gasteiger partial charge on any atom is -0.388 e. The molecule has 2 N–H and O–H groups in total. The molecule has 0 bridgehead atoms. The van der Waals surface area contributed by atoms with Crippen LogP contribution in [-0.4, -0.2) is 23.2 Å². The van der Waals surface area contributed by atoms with Gasteiger partial charge < -0.3 is 10.4 Å². The van der Waals surface area contributed by atoms with Crippen molar-refractivity contribution in [2.45, 2.75) is 31.3 Å². The molecule has 0 heterocycles. The summed E-state index contributed by atoms with van der Waals surface area (Å²) in [5, 5.41) is 13.2. The van der Waals surface area contributed by atoms with E-state index >= 15 is 0 Å². The van der Waals surface area contributed by atoms with Gasteiger partial charge in [-0.15, -0.1) is 0 Å². The minimum atomic E-state index is -0.663. The molecule has 1 fully saturated rings. The molecule has 0 saturated heterocycles. The van der Waals surface area contributed by atoms with Crippen molar-refractivity contribution in [3.63, 3.8) is 0 Å². The van der Waals surface area contributed by atoms with Crippen LogP contribution < -0.4 is 5.32 Å². The monoisotopic (exact) mass is 253 g/mol. The van der Waals surface area contributed by atoms with E-state index in [1.165, 1.54) is 0 Å². The van der Waals surface area contributed by atoms with Crippen LogP contribution in [0.5, 0.6) is 0 Å². The largest absolute Gasteiger partial charge is 0.388 e. The maximum atomic E-state index is 11.6. The van der Waals surface area contributed by atoms with Gasteiger partial charge in [0.25, 0.3) is 0 Å². The second-order valence-corrected chi connectivity index (χ2v) is 5.10. The fraction of sp³-hybridized carbons (Fsp3) is 0.462. The smallest absolute Gasteiger partial charge is 0.224 e. The summed E-state index contributed by atoms with van der Waals surface area (Å²) in [5.74, 6) is -0.0763. The van der Waals surface area contributed by atoms with E-state index in [2.05, 4.69) is 5.32 Å². The summed E-state index contributed by atoms with van der Waals surface area (Å²) in [6.07, 6.45) is 2.91. The number of aliphatic hydroxyl groups is 1. The first-order chi connectivity index (χ1) is 8.07. The summed E-state index contributed by atoms with van der Waals surface area (Å²) in [5.41, 5.74) is 0.222. The summed E-state index contributed by atoms with van der Waals surface area (Å²) >= 11 is 5.84. The summed E-state index contributed by atoms with van der Waals surface area (Å²) < 4.78 is 0. The lowest BCUT2D eigenvalue weighted by molar-refractivity contribution is -0.122. The van der Waals surface area contributed by atoms with Crippen LogP contribution in [0.3, 0.4) is 0 Å². The first kappa shape index (κ1) is 12.4. The van der Waals surface area contributed by atoms with Crippen LogP contribution in [0, 0.1) is 0 Å². The van der Waals surface area contributed by atoms with Gasteiger partial charge in [0.15, 0.2) is 0 Å². The SMILES string of the molecule is O=C(Cc1cccc(Cl)c1)NCC1(O)CCC1. The minimum absolute atomic E-state index is 0.0763. The van der Waals surface area contributed by atoms with E-state index in [0.29, 0.717) is 18.0 Å². The Morgan fingerprint density at radius 3 is 2.82 bits per heavy atom. The van der Waals surface area contributed by atoms with Crippen LogP contribution in [-0.2, 0) is 11.2 Å². The lowest BCUT2D eigenvalue weighted by Crippen LogP contribution is -2.48. The van der Waals surface area contributed by atoms with Crippen LogP contribution in [0.2, 0.25) is 5.02 Å². The quantitative estimate of drug-likeness (QED) is 0.861. The second kappa shape index (κ2) is 5.07. The Balaban J connectivity index is 1.81. The molecular formula is C13H16ClNO2. The maximum absolute atomic E-state index is 11.6. The Morgan fingerprint density at radius 1 is 1.47 bits per heavy atom. The molecule has 0 spiro atoms. The molecule has 2 rings (SSSR count). The molecule has 0 aromatic heterocycles. The third kappa shape index (κ3) is 3.45. The Labute approximate surface area is 106 Å². The van der Waals surface area contributed by atoms with Crippen LogP contribution in [0.15, 0.2) is 24.3 Å². The van der Waals surface area contributed by atoms with Gasteiger partial charge in [-0.2, -0.15) is 0 Å². The highest BCUT2D eigenvalue weighted by Gasteiger charge is 2.34. The maximum Gasteiger partial charge on any atom is 0.224 e. The molecule has 3 nitrogen and oxygen atoms in total. The van der Waals surface area contributed by atoms with Crippen LogP contribution in [0.1, 0.15) is 24.8 Å². The van der Waals surface area contributed by atoms with Crippen LogP contribution in [0.4, 0.5) is 0 Å². The molecule has 4 heteroatoms.